The quantitative estimate of drug-likeness (QED) is 0.124. The topological polar surface area (TPSA) is 158 Å². The fourth-order valence-electron chi connectivity index (χ4n) is 3.53. The van der Waals surface area contributed by atoms with Crippen LogP contribution in [-0.4, -0.2) is 41.9 Å². The number of hydrogen-bond acceptors (Lipinski definition) is 7. The van der Waals surface area contributed by atoms with Crippen LogP contribution in [0.5, 0.6) is 5.75 Å². The molecule has 0 aliphatic rings. The maximum Gasteiger partial charge on any atom is 0.352 e. The summed E-state index contributed by atoms with van der Waals surface area (Å²) in [7, 11) is 2.92. The molecule has 0 heterocycles. The predicted octanol–water partition coefficient (Wildman–Crippen LogP) is 2.69. The van der Waals surface area contributed by atoms with Crippen molar-refractivity contribution in [1.29, 1.82) is 5.41 Å². The summed E-state index contributed by atoms with van der Waals surface area (Å²) in [5.74, 6) is 11.1. The Kier molecular flexibility index (Phi) is 8.76. The van der Waals surface area contributed by atoms with Crippen LogP contribution in [0.2, 0.25) is 0 Å². The number of anilines is 1. The fourth-order valence-corrected chi connectivity index (χ4v) is 3.53. The van der Waals surface area contributed by atoms with Gasteiger partial charge in [-0.3, -0.25) is 10.4 Å². The van der Waals surface area contributed by atoms with Crippen LogP contribution < -0.4 is 26.7 Å². The Balaban J connectivity index is 2.33. The van der Waals surface area contributed by atoms with Crippen molar-refractivity contribution in [3.63, 3.8) is 0 Å². The number of aryl methyl sites for hydroxylation is 2. The van der Waals surface area contributed by atoms with Gasteiger partial charge in [-0.25, -0.2) is 26.3 Å². The highest BCUT2D eigenvalue weighted by atomic mass is 16.5. The molecule has 10 nitrogen and oxygen atoms in total. The second kappa shape index (κ2) is 11.3. The first kappa shape index (κ1) is 26.4. The Hall–Kier alpha value is -3.89. The number of aliphatic carboxylic acids is 1. The second-order valence-electron chi connectivity index (χ2n) is 7.73. The van der Waals surface area contributed by atoms with Crippen molar-refractivity contribution in [3.8, 4) is 5.75 Å². The van der Waals surface area contributed by atoms with Crippen LogP contribution in [0.15, 0.2) is 47.7 Å². The Labute approximate surface area is 199 Å². The maximum absolute atomic E-state index is 12.3. The van der Waals surface area contributed by atoms with E-state index in [2.05, 4.69) is 5.32 Å². The van der Waals surface area contributed by atoms with Crippen molar-refractivity contribution in [2.24, 2.45) is 11.7 Å². The van der Waals surface area contributed by atoms with Crippen LogP contribution in [0.25, 0.3) is 0 Å². The highest BCUT2D eigenvalue weighted by Gasteiger charge is 2.20. The summed E-state index contributed by atoms with van der Waals surface area (Å²) in [6.45, 7) is 5.59. The maximum atomic E-state index is 12.3. The molecule has 2 aromatic carbocycles. The molecule has 7 N–H and O–H groups in total. The summed E-state index contributed by atoms with van der Waals surface area (Å²) >= 11 is 0. The number of nitrogens with one attached hydrogen (secondary N) is 2. The number of hydrazine groups is 2. The number of carbonyl (C=O) groups is 2. The zero-order valence-electron chi connectivity index (χ0n) is 20.1. The Morgan fingerprint density at radius 2 is 1.88 bits per heavy atom. The molecule has 2 amide bonds. The monoisotopic (exact) mass is 468 g/mol. The lowest BCUT2D eigenvalue weighted by Gasteiger charge is -2.24. The summed E-state index contributed by atoms with van der Waals surface area (Å²) in [4.78, 5) is 23.7. The molecule has 0 fully saturated rings. The van der Waals surface area contributed by atoms with Gasteiger partial charge in [0.15, 0.2) is 0 Å². The number of carboxylic acids is 1. The Bertz CT molecular complexity index is 1130. The van der Waals surface area contributed by atoms with Crippen LogP contribution in [0.1, 0.15) is 36.1 Å². The molecule has 0 aliphatic heterocycles. The second-order valence-corrected chi connectivity index (χ2v) is 7.73. The summed E-state index contributed by atoms with van der Waals surface area (Å²) in [6, 6.07) is 10.1. The van der Waals surface area contributed by atoms with Crippen molar-refractivity contribution < 1.29 is 19.4 Å². The largest absolute Gasteiger partial charge is 0.489 e. The smallest absolute Gasteiger partial charge is 0.352 e. The molecule has 182 valence electrons. The third-order valence-electron chi connectivity index (χ3n) is 5.45. The van der Waals surface area contributed by atoms with Crippen LogP contribution in [-0.2, 0) is 17.8 Å². The zero-order valence-corrected chi connectivity index (χ0v) is 20.1. The number of nitrogens with zero attached hydrogens (tertiary/aromatic N) is 2. The number of benzene rings is 2. The Morgan fingerprint density at radius 3 is 2.41 bits per heavy atom. The lowest BCUT2D eigenvalue weighted by molar-refractivity contribution is -0.133. The number of likely N-dealkylation sites (N-methyl/N-ethyl adjacent to an activating group) is 1. The van der Waals surface area contributed by atoms with Gasteiger partial charge in [0.1, 0.15) is 18.1 Å². The van der Waals surface area contributed by atoms with Gasteiger partial charge in [-0.15, -0.1) is 0 Å². The molecular weight excluding hydrogens is 436 g/mol. The molecule has 0 atom stereocenters. The molecule has 10 heteroatoms. The average molecular weight is 469 g/mol. The zero-order chi connectivity index (χ0) is 25.6. The summed E-state index contributed by atoms with van der Waals surface area (Å²) < 4.78 is 6.07. The predicted molar refractivity (Wildman–Crippen MR) is 132 cm³/mol. The van der Waals surface area contributed by atoms with Gasteiger partial charge in [-0.05, 0) is 55.7 Å². The van der Waals surface area contributed by atoms with E-state index in [1.807, 2.05) is 26.0 Å². The molecule has 0 spiro atoms. The molecule has 0 saturated heterocycles. The third-order valence-corrected chi connectivity index (χ3v) is 5.45. The van der Waals surface area contributed by atoms with Gasteiger partial charge in [0.25, 0.3) is 0 Å². The van der Waals surface area contributed by atoms with Gasteiger partial charge in [-0.2, -0.15) is 0 Å². The van der Waals surface area contributed by atoms with Crippen molar-refractivity contribution in [2.45, 2.75) is 33.8 Å². The van der Waals surface area contributed by atoms with E-state index in [-0.39, 0.29) is 18.0 Å². The SMILES string of the molecule is CCc1cccc(N(N)C(=O)N(C)N)c1COc1ccc(C(=N)/C(C)=C(\NC)C(=O)O)cc1C. The molecule has 0 aliphatic carbocycles. The molecular formula is C24H32N6O4. The summed E-state index contributed by atoms with van der Waals surface area (Å²) in [6.07, 6.45) is 0.713. The number of carboxylic acid groups (broad SMARTS) is 1. The first-order valence-electron chi connectivity index (χ1n) is 10.7. The van der Waals surface area contributed by atoms with Crippen LogP contribution in [0.4, 0.5) is 10.5 Å². The minimum Gasteiger partial charge on any atom is -0.489 e. The van der Waals surface area contributed by atoms with E-state index in [0.717, 1.165) is 26.7 Å². The van der Waals surface area contributed by atoms with Gasteiger partial charge in [0.05, 0.1) is 11.4 Å². The van der Waals surface area contributed by atoms with Crippen LogP contribution in [0, 0.1) is 12.3 Å². The molecule has 2 rings (SSSR count). The van der Waals surface area contributed by atoms with E-state index in [4.69, 9.17) is 21.8 Å². The Morgan fingerprint density at radius 1 is 1.21 bits per heavy atom. The van der Waals surface area contributed by atoms with E-state index < -0.39 is 12.0 Å². The first-order valence-corrected chi connectivity index (χ1v) is 10.7. The number of ether oxygens (including phenoxy) is 1. The van der Waals surface area contributed by atoms with E-state index in [1.54, 1.807) is 31.2 Å². The molecule has 34 heavy (non-hydrogen) atoms. The number of hydrogen-bond donors (Lipinski definition) is 5. The highest BCUT2D eigenvalue weighted by molar-refractivity contribution is 6.13. The molecule has 0 aromatic heterocycles. The number of carbonyl (C=O) groups excluding carboxylic acids is 1. The average Bonchev–Trinajstić information content (AvgIpc) is 2.81. The van der Waals surface area contributed by atoms with Crippen molar-refractivity contribution >= 4 is 23.4 Å². The molecule has 0 radical (unpaired) electrons. The van der Waals surface area contributed by atoms with Gasteiger partial charge in [0, 0.05) is 30.8 Å². The van der Waals surface area contributed by atoms with Crippen LogP contribution >= 0.6 is 0 Å². The normalized spacial score (nSPS) is 11.4. The van der Waals surface area contributed by atoms with Gasteiger partial charge < -0.3 is 15.2 Å². The lowest BCUT2D eigenvalue weighted by Crippen LogP contribution is -2.49. The first-order chi connectivity index (χ1) is 16.0. The van der Waals surface area contributed by atoms with E-state index >= 15 is 0 Å². The number of urea groups is 1. The van der Waals surface area contributed by atoms with Crippen molar-refractivity contribution in [2.75, 3.05) is 19.1 Å². The van der Waals surface area contributed by atoms with Crippen molar-refractivity contribution in [1.82, 2.24) is 10.3 Å². The van der Waals surface area contributed by atoms with Gasteiger partial charge in [0.2, 0.25) is 0 Å². The van der Waals surface area contributed by atoms with Crippen LogP contribution in [0.3, 0.4) is 0 Å². The number of amides is 2. The van der Waals surface area contributed by atoms with E-state index in [9.17, 15) is 14.7 Å². The number of rotatable bonds is 9. The summed E-state index contributed by atoms with van der Waals surface area (Å²) in [5.41, 5.74) is 3.96. The third kappa shape index (κ3) is 5.72. The number of nitrogens with two attached hydrogens (primary N) is 2. The minimum atomic E-state index is -1.12. The number of allylic oxidation sites excluding steroid dienone is 1. The van der Waals surface area contributed by atoms with Gasteiger partial charge in [-0.1, -0.05) is 19.1 Å². The molecule has 0 saturated carbocycles. The minimum absolute atomic E-state index is 0.0318. The van der Waals surface area contributed by atoms with Crippen molar-refractivity contribution in [3.05, 3.63) is 69.9 Å². The lowest BCUT2D eigenvalue weighted by atomic mass is 9.99. The van der Waals surface area contributed by atoms with E-state index in [0.29, 0.717) is 29.0 Å². The molecule has 0 bridgehead atoms. The summed E-state index contributed by atoms with van der Waals surface area (Å²) in [5, 5.41) is 22.2. The highest BCUT2D eigenvalue weighted by Crippen LogP contribution is 2.27. The molecule has 0 unspecified atom stereocenters. The van der Waals surface area contributed by atoms with E-state index in [1.165, 1.54) is 14.1 Å². The fraction of sp³-hybridized carbons (Fsp3) is 0.292. The molecule has 2 aromatic rings. The standard InChI is InChI=1S/C24H32N6O4/c1-6-16-8-7-9-19(30(27)24(33)29(5)26)18(16)13-34-20-11-10-17(12-14(20)2)21(25)15(3)22(28-4)23(31)32/h7-12,25,28H,6,13,26-27H2,1-5H3,(H,31,32)/b22-15-,25-21?. The van der Waals surface area contributed by atoms with Gasteiger partial charge >= 0.3 is 12.0 Å².